The fourth-order valence-corrected chi connectivity index (χ4v) is 3.25. The second-order valence-electron chi connectivity index (χ2n) is 5.66. The summed E-state index contributed by atoms with van der Waals surface area (Å²) in [6.07, 6.45) is 0. The van der Waals surface area contributed by atoms with Crippen LogP contribution in [0.15, 0.2) is 24.3 Å². The van der Waals surface area contributed by atoms with Gasteiger partial charge in [0.05, 0.1) is 12.2 Å². The highest BCUT2D eigenvalue weighted by atomic mass is 32.1. The fourth-order valence-electron chi connectivity index (χ4n) is 2.19. The summed E-state index contributed by atoms with van der Waals surface area (Å²) in [6.45, 7) is 4.53. The van der Waals surface area contributed by atoms with Crippen molar-refractivity contribution in [2.24, 2.45) is 0 Å². The first kappa shape index (κ1) is 21.4. The molecule has 7 nitrogen and oxygen atoms in total. The Hall–Kier alpha value is -2.94. The molecule has 0 aliphatic rings. The number of carbonyl (C=O) groups is 3. The van der Waals surface area contributed by atoms with E-state index in [4.69, 9.17) is 14.2 Å². The van der Waals surface area contributed by atoms with E-state index < -0.39 is 36.9 Å². The molecule has 28 heavy (non-hydrogen) atoms. The summed E-state index contributed by atoms with van der Waals surface area (Å²) in [5, 5.41) is 2.91. The molecule has 2 rings (SSSR count). The number of halogens is 1. The van der Waals surface area contributed by atoms with Gasteiger partial charge in [0.25, 0.3) is 5.91 Å². The van der Waals surface area contributed by atoms with Gasteiger partial charge in [-0.1, -0.05) is 0 Å². The molecule has 0 bridgehead atoms. The number of thiophene rings is 1. The molecule has 1 N–H and O–H groups in total. The second-order valence-corrected chi connectivity index (χ2v) is 6.88. The van der Waals surface area contributed by atoms with Crippen molar-refractivity contribution in [2.45, 2.75) is 20.8 Å². The number of carbonyl (C=O) groups excluding carboxylic acids is 3. The Morgan fingerprint density at radius 2 is 1.75 bits per heavy atom. The molecule has 0 spiro atoms. The molecule has 1 aromatic heterocycles. The topological polar surface area (TPSA) is 90.9 Å². The van der Waals surface area contributed by atoms with Gasteiger partial charge < -0.3 is 19.5 Å². The van der Waals surface area contributed by atoms with Crippen molar-refractivity contribution in [1.29, 1.82) is 0 Å². The second kappa shape index (κ2) is 9.84. The van der Waals surface area contributed by atoms with Crippen molar-refractivity contribution in [2.75, 3.05) is 25.1 Å². The van der Waals surface area contributed by atoms with Crippen LogP contribution in [0, 0.1) is 19.7 Å². The van der Waals surface area contributed by atoms with E-state index in [-0.39, 0.29) is 6.61 Å². The number of rotatable bonds is 8. The average Bonchev–Trinajstić information content (AvgIpc) is 2.93. The zero-order valence-corrected chi connectivity index (χ0v) is 16.5. The molecule has 1 amide bonds. The Labute approximate surface area is 165 Å². The van der Waals surface area contributed by atoms with E-state index in [2.05, 4.69) is 5.32 Å². The minimum atomic E-state index is -0.761. The number of ether oxygens (including phenoxy) is 3. The van der Waals surface area contributed by atoms with E-state index in [1.54, 1.807) is 13.8 Å². The lowest BCUT2D eigenvalue weighted by Crippen LogP contribution is -2.24. The van der Waals surface area contributed by atoms with E-state index in [1.165, 1.54) is 35.6 Å². The number of aryl methyl sites for hydroxylation is 1. The average molecular weight is 409 g/mol. The van der Waals surface area contributed by atoms with Crippen molar-refractivity contribution in [1.82, 2.24) is 0 Å². The lowest BCUT2D eigenvalue weighted by atomic mass is 10.1. The van der Waals surface area contributed by atoms with E-state index in [1.807, 2.05) is 6.92 Å². The maximum Gasteiger partial charge on any atom is 0.344 e. The number of amides is 1. The molecule has 9 heteroatoms. The van der Waals surface area contributed by atoms with Gasteiger partial charge in [0.15, 0.2) is 13.2 Å². The van der Waals surface area contributed by atoms with E-state index >= 15 is 0 Å². The number of nitrogens with one attached hydrogen (secondary N) is 1. The summed E-state index contributed by atoms with van der Waals surface area (Å²) >= 11 is 1.24. The summed E-state index contributed by atoms with van der Waals surface area (Å²) in [6, 6.07) is 5.13. The number of anilines is 1. The standard InChI is InChI=1S/C19H20FNO6S/c1-4-25-19(24)17-11(2)12(3)28-18(17)21-15(22)9-27-16(23)10-26-14-7-5-13(20)6-8-14/h5-8H,4,9-10H2,1-3H3,(H,21,22). The van der Waals surface area contributed by atoms with Crippen molar-refractivity contribution in [3.63, 3.8) is 0 Å². The van der Waals surface area contributed by atoms with Crippen LogP contribution in [0.2, 0.25) is 0 Å². The number of hydrogen-bond acceptors (Lipinski definition) is 7. The minimum absolute atomic E-state index is 0.215. The highest BCUT2D eigenvalue weighted by molar-refractivity contribution is 7.16. The van der Waals surface area contributed by atoms with Gasteiger partial charge in [-0.15, -0.1) is 11.3 Å². The van der Waals surface area contributed by atoms with Crippen LogP contribution in [0.5, 0.6) is 5.75 Å². The van der Waals surface area contributed by atoms with E-state index in [0.29, 0.717) is 16.3 Å². The Morgan fingerprint density at radius 3 is 2.39 bits per heavy atom. The predicted octanol–water partition coefficient (Wildman–Crippen LogP) is 3.24. The quantitative estimate of drug-likeness (QED) is 0.673. The lowest BCUT2D eigenvalue weighted by Gasteiger charge is -2.08. The van der Waals surface area contributed by atoms with E-state index in [0.717, 1.165) is 10.4 Å². The highest BCUT2D eigenvalue weighted by Gasteiger charge is 2.22. The first-order valence-electron chi connectivity index (χ1n) is 8.42. The third-order valence-corrected chi connectivity index (χ3v) is 4.78. The SMILES string of the molecule is CCOC(=O)c1c(NC(=O)COC(=O)COc2ccc(F)cc2)sc(C)c1C. The summed E-state index contributed by atoms with van der Waals surface area (Å²) in [5.74, 6) is -2.01. The van der Waals surface area contributed by atoms with Crippen LogP contribution in [0.1, 0.15) is 27.7 Å². The Bertz CT molecular complexity index is 862. The smallest absolute Gasteiger partial charge is 0.344 e. The lowest BCUT2D eigenvalue weighted by molar-refractivity contribution is -0.149. The largest absolute Gasteiger partial charge is 0.482 e. The van der Waals surface area contributed by atoms with Crippen LogP contribution < -0.4 is 10.1 Å². The molecule has 0 atom stereocenters. The number of hydrogen-bond donors (Lipinski definition) is 1. The van der Waals surface area contributed by atoms with Gasteiger partial charge in [-0.2, -0.15) is 0 Å². The molecule has 0 radical (unpaired) electrons. The van der Waals surface area contributed by atoms with Crippen molar-refractivity contribution in [3.05, 3.63) is 46.1 Å². The third-order valence-electron chi connectivity index (χ3n) is 3.65. The molecular formula is C19H20FNO6S. The summed E-state index contributed by atoms with van der Waals surface area (Å²) in [4.78, 5) is 36.7. The van der Waals surface area contributed by atoms with Crippen molar-refractivity contribution >= 4 is 34.2 Å². The van der Waals surface area contributed by atoms with Gasteiger partial charge >= 0.3 is 11.9 Å². The molecule has 150 valence electrons. The molecule has 0 fully saturated rings. The zero-order valence-electron chi connectivity index (χ0n) is 15.7. The molecule has 1 aromatic carbocycles. The van der Waals surface area contributed by atoms with Crippen LogP contribution in [0.4, 0.5) is 9.39 Å². The van der Waals surface area contributed by atoms with Gasteiger partial charge in [-0.05, 0) is 50.6 Å². The summed E-state index contributed by atoms with van der Waals surface area (Å²) < 4.78 is 27.8. The highest BCUT2D eigenvalue weighted by Crippen LogP contribution is 2.33. The van der Waals surface area contributed by atoms with Crippen LogP contribution in [-0.4, -0.2) is 37.7 Å². The predicted molar refractivity (Wildman–Crippen MR) is 101 cm³/mol. The normalized spacial score (nSPS) is 10.3. The molecular weight excluding hydrogens is 389 g/mol. The Morgan fingerprint density at radius 1 is 1.07 bits per heavy atom. The first-order chi connectivity index (χ1) is 13.3. The Kier molecular flexibility index (Phi) is 7.51. The van der Waals surface area contributed by atoms with Crippen LogP contribution in [-0.2, 0) is 19.1 Å². The molecule has 0 aliphatic heterocycles. The number of benzene rings is 1. The van der Waals surface area contributed by atoms with Crippen molar-refractivity contribution < 1.29 is 33.0 Å². The van der Waals surface area contributed by atoms with Crippen LogP contribution >= 0.6 is 11.3 Å². The van der Waals surface area contributed by atoms with Gasteiger partial charge in [-0.3, -0.25) is 4.79 Å². The van der Waals surface area contributed by atoms with Crippen molar-refractivity contribution in [3.8, 4) is 5.75 Å². The third kappa shape index (κ3) is 5.78. The monoisotopic (exact) mass is 409 g/mol. The fraction of sp³-hybridized carbons (Fsp3) is 0.316. The summed E-state index contributed by atoms with van der Waals surface area (Å²) in [7, 11) is 0. The maximum absolute atomic E-state index is 12.8. The first-order valence-corrected chi connectivity index (χ1v) is 9.24. The van der Waals surface area contributed by atoms with Gasteiger partial charge in [0.1, 0.15) is 16.6 Å². The van der Waals surface area contributed by atoms with Gasteiger partial charge in [0.2, 0.25) is 0 Å². The van der Waals surface area contributed by atoms with E-state index in [9.17, 15) is 18.8 Å². The maximum atomic E-state index is 12.8. The molecule has 2 aromatic rings. The van der Waals surface area contributed by atoms with Crippen LogP contribution in [0.25, 0.3) is 0 Å². The summed E-state index contributed by atoms with van der Waals surface area (Å²) in [5.41, 5.74) is 1.02. The van der Waals surface area contributed by atoms with Gasteiger partial charge in [-0.25, -0.2) is 14.0 Å². The Balaban J connectivity index is 1.87. The molecule has 0 saturated heterocycles. The van der Waals surface area contributed by atoms with Crippen LogP contribution in [0.3, 0.4) is 0 Å². The molecule has 0 aliphatic carbocycles. The molecule has 0 saturated carbocycles. The minimum Gasteiger partial charge on any atom is -0.482 e. The molecule has 1 heterocycles. The zero-order chi connectivity index (χ0) is 20.7. The number of esters is 2. The molecule has 0 unspecified atom stereocenters. The van der Waals surface area contributed by atoms with Gasteiger partial charge in [0, 0.05) is 4.88 Å².